The third kappa shape index (κ3) is 1.000. The third-order valence-corrected chi connectivity index (χ3v) is 1.52. The van der Waals surface area contributed by atoms with E-state index in [4.69, 9.17) is 3.10 Å². The molecular weight excluding hydrogens is 194 g/mol. The van der Waals surface area contributed by atoms with Gasteiger partial charge < -0.3 is 0 Å². The van der Waals surface area contributed by atoms with Crippen LogP contribution in [0.15, 0.2) is 15.6 Å². The molecule has 0 aromatic carbocycles. The summed E-state index contributed by atoms with van der Waals surface area (Å²) in [5.41, 5.74) is 0. The van der Waals surface area contributed by atoms with Crippen LogP contribution < -0.4 is 0 Å². The molecule has 0 aromatic rings. The van der Waals surface area contributed by atoms with E-state index < -0.39 is 21.6 Å². The van der Waals surface area contributed by atoms with Crippen molar-refractivity contribution in [3.8, 4) is 0 Å². The average Bonchev–Trinajstić information content (AvgIpc) is 1.72. The average molecular weight is 197 g/mol. The zero-order valence-electron chi connectivity index (χ0n) is 3.00. The van der Waals surface area contributed by atoms with Crippen LogP contribution in [0.4, 0.5) is 0 Å². The molecule has 0 aliphatic carbocycles. The van der Waals surface area contributed by atoms with Gasteiger partial charge in [0, 0.05) is 0 Å². The van der Waals surface area contributed by atoms with Gasteiger partial charge >= 0.3 is 46.5 Å². The van der Waals surface area contributed by atoms with Crippen LogP contribution in [-0.2, 0) is 3.10 Å². The molecule has 3 heteroatoms. The molecule has 1 aliphatic rings. The number of hydrogen-bond acceptors (Lipinski definition) is 2. The van der Waals surface area contributed by atoms with Crippen molar-refractivity contribution in [1.82, 2.24) is 0 Å². The van der Waals surface area contributed by atoms with Crippen molar-refractivity contribution in [2.24, 2.45) is 3.24 Å². The molecule has 0 saturated heterocycles. The first kappa shape index (κ1) is 4.17. The zero-order chi connectivity index (χ0) is 4.24. The van der Waals surface area contributed by atoms with Gasteiger partial charge in [-0.15, -0.1) is 0 Å². The van der Waals surface area contributed by atoms with Crippen molar-refractivity contribution in [3.05, 3.63) is 12.3 Å². The summed E-state index contributed by atoms with van der Waals surface area (Å²) in [6.07, 6.45) is 5.23. The maximum absolute atomic E-state index is 4.82. The van der Waals surface area contributed by atoms with Crippen LogP contribution in [0, 0.1) is 0 Å². The molecule has 0 radical (unpaired) electrons. The fourth-order valence-corrected chi connectivity index (χ4v) is 0.986. The van der Waals surface area contributed by atoms with Crippen molar-refractivity contribution in [1.29, 1.82) is 0 Å². The minimum absolute atomic E-state index is 0.445. The fourth-order valence-electron chi connectivity index (χ4n) is 0.177. The van der Waals surface area contributed by atoms with E-state index in [-0.39, 0.29) is 0 Å². The zero-order valence-corrected chi connectivity index (χ0v) is 5.33. The molecule has 0 atom stereocenters. The number of rotatable bonds is 0. The summed E-state index contributed by atoms with van der Waals surface area (Å²) in [6, 6.07) is 0. The van der Waals surface area contributed by atoms with Crippen LogP contribution in [0.3, 0.4) is 0 Å². The predicted octanol–water partition coefficient (Wildman–Crippen LogP) is 0.135. The second kappa shape index (κ2) is 2.22. The Bertz CT molecular complexity index is 76.8. The first-order valence-electron chi connectivity index (χ1n) is 1.51. The Morgan fingerprint density at radius 1 is 1.67 bits per heavy atom. The van der Waals surface area contributed by atoms with Crippen molar-refractivity contribution >= 4 is 27.8 Å². The van der Waals surface area contributed by atoms with Crippen molar-refractivity contribution < 1.29 is 3.10 Å². The van der Waals surface area contributed by atoms with Crippen LogP contribution in [0.1, 0.15) is 0 Å². The van der Waals surface area contributed by atoms with Crippen molar-refractivity contribution in [2.75, 3.05) is 0 Å². The summed E-state index contributed by atoms with van der Waals surface area (Å²) in [6.45, 7) is 0. The van der Waals surface area contributed by atoms with E-state index in [1.165, 1.54) is 0 Å². The molecule has 0 saturated carbocycles. The van der Waals surface area contributed by atoms with Gasteiger partial charge in [-0.05, 0) is 0 Å². The van der Waals surface area contributed by atoms with Gasteiger partial charge in [0.25, 0.3) is 0 Å². The second-order valence-electron chi connectivity index (χ2n) is 0.754. The van der Waals surface area contributed by atoms with E-state index in [0.717, 1.165) is 0 Å². The summed E-state index contributed by atoms with van der Waals surface area (Å²) < 4.78 is 8.69. The van der Waals surface area contributed by atoms with Crippen LogP contribution in [0.5, 0.6) is 0 Å². The molecular formula is C3H3NOTe. The van der Waals surface area contributed by atoms with Crippen LogP contribution >= 0.6 is 0 Å². The third-order valence-electron chi connectivity index (χ3n) is 0.367. The van der Waals surface area contributed by atoms with Gasteiger partial charge in [-0.1, -0.05) is 0 Å². The second-order valence-corrected chi connectivity index (χ2v) is 2.33. The van der Waals surface area contributed by atoms with Gasteiger partial charge in [0.2, 0.25) is 0 Å². The molecule has 6 heavy (non-hydrogen) atoms. The Morgan fingerprint density at radius 2 is 2.67 bits per heavy atom. The molecule has 0 fully saturated rings. The van der Waals surface area contributed by atoms with Crippen molar-refractivity contribution in [2.45, 2.75) is 0 Å². The molecule has 0 aromatic heterocycles. The van der Waals surface area contributed by atoms with E-state index in [0.29, 0.717) is 0 Å². The molecule has 0 unspecified atom stereocenters. The van der Waals surface area contributed by atoms with Crippen LogP contribution in [-0.4, -0.2) is 27.8 Å². The topological polar surface area (TPSA) is 21.6 Å². The Labute approximate surface area is 46.9 Å². The summed E-state index contributed by atoms with van der Waals surface area (Å²) in [7, 11) is 0. The maximum atomic E-state index is 4.82. The molecule has 1 aliphatic heterocycles. The molecule has 32 valence electrons. The van der Waals surface area contributed by atoms with Crippen LogP contribution in [0.25, 0.3) is 0 Å². The first-order chi connectivity index (χ1) is 3.00. The standard InChI is InChI=1S/C3H3NOTe/c1-2-4-6-5-3-1/h1-3H. The molecule has 1 rings (SSSR count). The Morgan fingerprint density at radius 3 is 2.83 bits per heavy atom. The van der Waals surface area contributed by atoms with Gasteiger partial charge in [0.05, 0.1) is 0 Å². The van der Waals surface area contributed by atoms with Gasteiger partial charge in [0.15, 0.2) is 0 Å². The van der Waals surface area contributed by atoms with Gasteiger partial charge in [-0.2, -0.15) is 0 Å². The summed E-state index contributed by atoms with van der Waals surface area (Å²) in [5.74, 6) is 0. The van der Waals surface area contributed by atoms with E-state index in [2.05, 4.69) is 3.24 Å². The predicted molar refractivity (Wildman–Crippen MR) is 24.5 cm³/mol. The van der Waals surface area contributed by atoms with E-state index >= 15 is 0 Å². The van der Waals surface area contributed by atoms with Gasteiger partial charge in [-0.25, -0.2) is 0 Å². The first-order valence-corrected chi connectivity index (χ1v) is 3.50. The molecule has 0 bridgehead atoms. The molecule has 0 amide bonds. The van der Waals surface area contributed by atoms with E-state index in [1.807, 2.05) is 0 Å². The molecule has 0 spiro atoms. The van der Waals surface area contributed by atoms with E-state index in [1.54, 1.807) is 18.6 Å². The van der Waals surface area contributed by atoms with Crippen molar-refractivity contribution in [3.63, 3.8) is 0 Å². The quantitative estimate of drug-likeness (QED) is 0.505. The molecule has 1 heterocycles. The Kier molecular flexibility index (Phi) is 1.54. The summed E-state index contributed by atoms with van der Waals surface area (Å²) in [4.78, 5) is 0. The molecule has 0 N–H and O–H groups in total. The minimum atomic E-state index is -0.445. The Balaban J connectivity index is 2.46. The Hall–Kier alpha value is -0.000390. The monoisotopic (exact) mass is 199 g/mol. The number of allylic oxidation sites excluding steroid dienone is 1. The normalized spacial score (nSPS) is 17.3. The van der Waals surface area contributed by atoms with Gasteiger partial charge in [-0.3, -0.25) is 0 Å². The van der Waals surface area contributed by atoms with Crippen LogP contribution in [0.2, 0.25) is 0 Å². The SMILES string of the molecule is C1=CO[Te]N=C1. The number of nitrogens with zero attached hydrogens (tertiary/aromatic N) is 1. The summed E-state index contributed by atoms with van der Waals surface area (Å²) >= 11 is -0.445. The fraction of sp³-hybridized carbons (Fsp3) is 0. The number of hydrogen-bond donors (Lipinski definition) is 0. The van der Waals surface area contributed by atoms with Gasteiger partial charge in [0.1, 0.15) is 0 Å². The molecule has 2 nitrogen and oxygen atoms in total. The van der Waals surface area contributed by atoms with E-state index in [9.17, 15) is 0 Å². The summed E-state index contributed by atoms with van der Waals surface area (Å²) in [5, 5.41) is 0.